The lowest BCUT2D eigenvalue weighted by Gasteiger charge is -2.16. The summed E-state index contributed by atoms with van der Waals surface area (Å²) in [5.41, 5.74) is 6.21. The molecule has 18 heavy (non-hydrogen) atoms. The SMILES string of the molecule is COc1ccccc1N1CC(CCCN)OC1=O. The highest BCUT2D eigenvalue weighted by Gasteiger charge is 2.33. The van der Waals surface area contributed by atoms with Crippen LogP contribution >= 0.6 is 0 Å². The van der Waals surface area contributed by atoms with Crippen molar-refractivity contribution in [2.75, 3.05) is 25.1 Å². The van der Waals surface area contributed by atoms with E-state index < -0.39 is 0 Å². The Labute approximate surface area is 106 Å². The molecule has 1 aliphatic heterocycles. The highest BCUT2D eigenvalue weighted by atomic mass is 16.6. The number of carbonyl (C=O) groups excluding carboxylic acids is 1. The summed E-state index contributed by atoms with van der Waals surface area (Å²) in [6.45, 7) is 1.17. The fraction of sp³-hybridized carbons (Fsp3) is 0.462. The van der Waals surface area contributed by atoms with Crippen molar-refractivity contribution in [2.24, 2.45) is 5.73 Å². The minimum absolute atomic E-state index is 0.0778. The number of anilines is 1. The van der Waals surface area contributed by atoms with Crippen LogP contribution < -0.4 is 15.4 Å². The van der Waals surface area contributed by atoms with E-state index in [0.717, 1.165) is 18.5 Å². The zero-order valence-corrected chi connectivity index (χ0v) is 10.5. The van der Waals surface area contributed by atoms with Gasteiger partial charge in [0, 0.05) is 0 Å². The third kappa shape index (κ3) is 2.56. The van der Waals surface area contributed by atoms with Crippen LogP contribution in [-0.2, 0) is 4.74 Å². The first-order valence-corrected chi connectivity index (χ1v) is 6.07. The molecule has 0 spiro atoms. The van der Waals surface area contributed by atoms with Gasteiger partial charge in [0.05, 0.1) is 19.3 Å². The van der Waals surface area contributed by atoms with Gasteiger partial charge in [-0.1, -0.05) is 12.1 Å². The number of nitrogens with two attached hydrogens (primary N) is 1. The van der Waals surface area contributed by atoms with Gasteiger partial charge in [-0.2, -0.15) is 0 Å². The summed E-state index contributed by atoms with van der Waals surface area (Å²) in [6, 6.07) is 7.43. The van der Waals surface area contributed by atoms with E-state index in [2.05, 4.69) is 0 Å². The molecule has 0 saturated carbocycles. The van der Waals surface area contributed by atoms with E-state index in [-0.39, 0.29) is 12.2 Å². The Morgan fingerprint density at radius 1 is 1.50 bits per heavy atom. The Kier molecular flexibility index (Phi) is 4.04. The summed E-state index contributed by atoms with van der Waals surface area (Å²) < 4.78 is 10.6. The van der Waals surface area contributed by atoms with Crippen LogP contribution in [0.15, 0.2) is 24.3 Å². The molecular formula is C13H18N2O3. The molecule has 2 N–H and O–H groups in total. The van der Waals surface area contributed by atoms with Crippen molar-refractivity contribution in [1.29, 1.82) is 0 Å². The van der Waals surface area contributed by atoms with Crippen molar-refractivity contribution in [2.45, 2.75) is 18.9 Å². The van der Waals surface area contributed by atoms with Gasteiger partial charge in [-0.3, -0.25) is 4.90 Å². The predicted molar refractivity (Wildman–Crippen MR) is 68.9 cm³/mol. The number of methoxy groups -OCH3 is 1. The molecule has 0 radical (unpaired) electrons. The average Bonchev–Trinajstić information content (AvgIpc) is 2.77. The molecule has 1 aromatic rings. The number of rotatable bonds is 5. The maximum absolute atomic E-state index is 11.8. The van der Waals surface area contributed by atoms with Crippen molar-refractivity contribution in [3.05, 3.63) is 24.3 Å². The largest absolute Gasteiger partial charge is 0.495 e. The van der Waals surface area contributed by atoms with Crippen LogP contribution in [0.5, 0.6) is 5.75 Å². The lowest BCUT2D eigenvalue weighted by atomic mass is 10.2. The zero-order valence-electron chi connectivity index (χ0n) is 10.5. The number of hydrogen-bond acceptors (Lipinski definition) is 4. The van der Waals surface area contributed by atoms with E-state index in [1.54, 1.807) is 12.0 Å². The molecule has 1 aromatic carbocycles. The lowest BCUT2D eigenvalue weighted by molar-refractivity contribution is 0.136. The summed E-state index contributed by atoms with van der Waals surface area (Å²) in [5.74, 6) is 0.675. The number of para-hydroxylation sites is 2. The molecule has 1 fully saturated rings. The van der Waals surface area contributed by atoms with E-state index in [1.165, 1.54) is 0 Å². The monoisotopic (exact) mass is 250 g/mol. The molecule has 1 amide bonds. The van der Waals surface area contributed by atoms with Crippen molar-refractivity contribution in [1.82, 2.24) is 0 Å². The predicted octanol–water partition coefficient (Wildman–Crippen LogP) is 1.76. The molecule has 1 aliphatic rings. The fourth-order valence-electron chi connectivity index (χ4n) is 2.07. The van der Waals surface area contributed by atoms with Crippen LogP contribution in [0, 0.1) is 0 Å². The van der Waals surface area contributed by atoms with Gasteiger partial charge in [0.2, 0.25) is 0 Å². The van der Waals surface area contributed by atoms with Crippen molar-refractivity contribution in [3.63, 3.8) is 0 Å². The second kappa shape index (κ2) is 5.73. The summed E-state index contributed by atoms with van der Waals surface area (Å²) in [5, 5.41) is 0. The Morgan fingerprint density at radius 3 is 3.00 bits per heavy atom. The molecule has 1 atom stereocenters. The van der Waals surface area contributed by atoms with E-state index in [0.29, 0.717) is 18.8 Å². The highest BCUT2D eigenvalue weighted by molar-refractivity contribution is 5.91. The van der Waals surface area contributed by atoms with Gasteiger partial charge in [0.1, 0.15) is 11.9 Å². The van der Waals surface area contributed by atoms with Gasteiger partial charge in [0.15, 0.2) is 0 Å². The molecule has 1 unspecified atom stereocenters. The minimum atomic E-state index is -0.318. The van der Waals surface area contributed by atoms with E-state index in [1.807, 2.05) is 24.3 Å². The molecule has 5 heteroatoms. The molecular weight excluding hydrogens is 232 g/mol. The first-order valence-electron chi connectivity index (χ1n) is 6.07. The van der Waals surface area contributed by atoms with Crippen LogP contribution in [0.1, 0.15) is 12.8 Å². The van der Waals surface area contributed by atoms with E-state index in [9.17, 15) is 4.79 Å². The Balaban J connectivity index is 2.11. The molecule has 2 rings (SSSR count). The summed E-state index contributed by atoms with van der Waals surface area (Å²) in [7, 11) is 1.59. The van der Waals surface area contributed by atoms with Gasteiger partial charge < -0.3 is 15.2 Å². The van der Waals surface area contributed by atoms with Gasteiger partial charge >= 0.3 is 6.09 Å². The number of ether oxygens (including phenoxy) is 2. The second-order valence-electron chi connectivity index (χ2n) is 4.22. The highest BCUT2D eigenvalue weighted by Crippen LogP contribution is 2.31. The minimum Gasteiger partial charge on any atom is -0.495 e. The molecule has 1 saturated heterocycles. The quantitative estimate of drug-likeness (QED) is 0.864. The smallest absolute Gasteiger partial charge is 0.414 e. The first-order chi connectivity index (χ1) is 8.76. The van der Waals surface area contributed by atoms with Crippen LogP contribution in [0.3, 0.4) is 0 Å². The van der Waals surface area contributed by atoms with Gasteiger partial charge in [-0.05, 0) is 31.5 Å². The van der Waals surface area contributed by atoms with Crippen LogP contribution in [0.2, 0.25) is 0 Å². The van der Waals surface area contributed by atoms with E-state index in [4.69, 9.17) is 15.2 Å². The number of cyclic esters (lactones) is 1. The van der Waals surface area contributed by atoms with Crippen molar-refractivity contribution >= 4 is 11.8 Å². The third-order valence-corrected chi connectivity index (χ3v) is 2.98. The normalized spacial score (nSPS) is 18.9. The molecule has 0 bridgehead atoms. The standard InChI is InChI=1S/C13H18N2O3/c1-17-12-7-3-2-6-11(12)15-9-10(5-4-8-14)18-13(15)16/h2-3,6-7,10H,4-5,8-9,14H2,1H3. The Hall–Kier alpha value is -1.75. The Morgan fingerprint density at radius 2 is 2.28 bits per heavy atom. The van der Waals surface area contributed by atoms with Gasteiger partial charge in [-0.15, -0.1) is 0 Å². The zero-order chi connectivity index (χ0) is 13.0. The van der Waals surface area contributed by atoms with Crippen molar-refractivity contribution in [3.8, 4) is 5.75 Å². The van der Waals surface area contributed by atoms with Gasteiger partial charge in [-0.25, -0.2) is 4.79 Å². The van der Waals surface area contributed by atoms with E-state index >= 15 is 0 Å². The number of carbonyl (C=O) groups is 1. The van der Waals surface area contributed by atoms with Crippen LogP contribution in [0.4, 0.5) is 10.5 Å². The summed E-state index contributed by atoms with van der Waals surface area (Å²) in [4.78, 5) is 13.4. The molecule has 98 valence electrons. The Bertz CT molecular complexity index is 422. The first kappa shape index (κ1) is 12.7. The second-order valence-corrected chi connectivity index (χ2v) is 4.22. The fourth-order valence-corrected chi connectivity index (χ4v) is 2.07. The number of amides is 1. The van der Waals surface area contributed by atoms with Crippen LogP contribution in [-0.4, -0.2) is 32.4 Å². The molecule has 0 aromatic heterocycles. The third-order valence-electron chi connectivity index (χ3n) is 2.98. The number of benzene rings is 1. The van der Waals surface area contributed by atoms with Gasteiger partial charge in [0.25, 0.3) is 0 Å². The maximum Gasteiger partial charge on any atom is 0.414 e. The topological polar surface area (TPSA) is 64.8 Å². The molecule has 0 aliphatic carbocycles. The van der Waals surface area contributed by atoms with Crippen molar-refractivity contribution < 1.29 is 14.3 Å². The van der Waals surface area contributed by atoms with Crippen LogP contribution in [0.25, 0.3) is 0 Å². The average molecular weight is 250 g/mol. The number of hydrogen-bond donors (Lipinski definition) is 1. The number of nitrogens with zero attached hydrogens (tertiary/aromatic N) is 1. The maximum atomic E-state index is 11.8. The molecule has 5 nitrogen and oxygen atoms in total. The summed E-state index contributed by atoms with van der Waals surface area (Å²) >= 11 is 0. The summed E-state index contributed by atoms with van der Waals surface area (Å²) in [6.07, 6.45) is 1.26. The lowest BCUT2D eigenvalue weighted by Crippen LogP contribution is -2.25. The molecule has 1 heterocycles.